The zero-order valence-corrected chi connectivity index (χ0v) is 13.0. The maximum Gasteiger partial charge on any atom is 0.308 e. The second-order valence-electron chi connectivity index (χ2n) is 5.17. The number of methoxy groups -OCH3 is 1. The van der Waals surface area contributed by atoms with Crippen molar-refractivity contribution in [2.24, 2.45) is 0 Å². The number of ether oxygens (including phenoxy) is 2. The van der Waals surface area contributed by atoms with E-state index in [1.54, 1.807) is 6.07 Å². The van der Waals surface area contributed by atoms with Gasteiger partial charge in [-0.3, -0.25) is 9.69 Å². The largest absolute Gasteiger partial charge is 0.493 e. The predicted octanol–water partition coefficient (Wildman–Crippen LogP) is 1.48. The fourth-order valence-electron chi connectivity index (χ4n) is 2.67. The monoisotopic (exact) mass is 303 g/mol. The molecule has 0 aromatic heterocycles. The molecule has 1 aromatic rings. The Morgan fingerprint density at radius 2 is 2.14 bits per heavy atom. The van der Waals surface area contributed by atoms with Gasteiger partial charge >= 0.3 is 5.97 Å². The molecule has 6 heteroatoms. The molecule has 1 aromatic carbocycles. The summed E-state index contributed by atoms with van der Waals surface area (Å²) in [5, 5.41) is 12.4. The number of esters is 1. The number of benzene rings is 1. The number of carbonyl (C=O) groups is 1. The number of hydrogen-bond donors (Lipinski definition) is 1. The van der Waals surface area contributed by atoms with Gasteiger partial charge in [-0.2, -0.15) is 5.26 Å². The van der Waals surface area contributed by atoms with E-state index >= 15 is 0 Å². The van der Waals surface area contributed by atoms with Gasteiger partial charge in [-0.15, -0.1) is 0 Å². The normalized spacial score (nSPS) is 16.6. The fourth-order valence-corrected chi connectivity index (χ4v) is 2.67. The summed E-state index contributed by atoms with van der Waals surface area (Å²) in [5.41, 5.74) is 0.996. The highest BCUT2D eigenvalue weighted by molar-refractivity contribution is 5.70. The highest BCUT2D eigenvalue weighted by Crippen LogP contribution is 2.33. The average Bonchev–Trinajstić information content (AvgIpc) is 2.53. The van der Waals surface area contributed by atoms with Crippen LogP contribution in [0.25, 0.3) is 0 Å². The Balaban J connectivity index is 2.27. The highest BCUT2D eigenvalue weighted by Gasteiger charge is 2.23. The highest BCUT2D eigenvalue weighted by atomic mass is 16.6. The van der Waals surface area contributed by atoms with E-state index in [4.69, 9.17) is 14.7 Å². The van der Waals surface area contributed by atoms with Gasteiger partial charge < -0.3 is 14.8 Å². The fraction of sp³-hybridized carbons (Fsp3) is 0.500. The Morgan fingerprint density at radius 1 is 1.41 bits per heavy atom. The third-order valence-electron chi connectivity index (χ3n) is 3.70. The van der Waals surface area contributed by atoms with E-state index in [1.165, 1.54) is 14.0 Å². The third-order valence-corrected chi connectivity index (χ3v) is 3.70. The van der Waals surface area contributed by atoms with Crippen molar-refractivity contribution in [3.63, 3.8) is 0 Å². The van der Waals surface area contributed by atoms with Crippen molar-refractivity contribution >= 4 is 5.97 Å². The summed E-state index contributed by atoms with van der Waals surface area (Å²) in [7, 11) is 1.54. The standard InChI is InChI=1S/C16H21N3O3/c1-12(20)22-15-4-3-13(11-16(15)21-2)14(5-6-17)19-9-7-18-8-10-19/h3-4,11,14,18H,5,7-10H2,1-2H3/t14-/m1/s1. The maximum atomic E-state index is 11.1. The average molecular weight is 303 g/mol. The minimum Gasteiger partial charge on any atom is -0.493 e. The Kier molecular flexibility index (Phi) is 5.75. The first-order valence-corrected chi connectivity index (χ1v) is 7.33. The lowest BCUT2D eigenvalue weighted by atomic mass is 10.0. The summed E-state index contributed by atoms with van der Waals surface area (Å²) in [6, 6.07) is 7.75. The molecule has 1 saturated heterocycles. The molecule has 1 fully saturated rings. The molecule has 0 unspecified atom stereocenters. The quantitative estimate of drug-likeness (QED) is 0.656. The van der Waals surface area contributed by atoms with Crippen LogP contribution in [0.4, 0.5) is 0 Å². The van der Waals surface area contributed by atoms with Crippen LogP contribution in [0.15, 0.2) is 18.2 Å². The van der Waals surface area contributed by atoms with Gasteiger partial charge in [-0.05, 0) is 17.7 Å². The van der Waals surface area contributed by atoms with E-state index in [0.717, 1.165) is 31.7 Å². The summed E-state index contributed by atoms with van der Waals surface area (Å²) >= 11 is 0. The number of nitriles is 1. The van der Waals surface area contributed by atoms with Crippen LogP contribution in [-0.4, -0.2) is 44.2 Å². The Labute approximate surface area is 130 Å². The van der Waals surface area contributed by atoms with Crippen LogP contribution >= 0.6 is 0 Å². The zero-order chi connectivity index (χ0) is 15.9. The summed E-state index contributed by atoms with van der Waals surface area (Å²) < 4.78 is 10.4. The predicted molar refractivity (Wildman–Crippen MR) is 81.7 cm³/mol. The van der Waals surface area contributed by atoms with Crippen LogP contribution in [0.5, 0.6) is 11.5 Å². The molecular formula is C16H21N3O3. The van der Waals surface area contributed by atoms with E-state index < -0.39 is 0 Å². The summed E-state index contributed by atoms with van der Waals surface area (Å²) in [5.74, 6) is 0.516. The van der Waals surface area contributed by atoms with Gasteiger partial charge in [0.25, 0.3) is 0 Å². The van der Waals surface area contributed by atoms with Gasteiger partial charge in [0.15, 0.2) is 11.5 Å². The van der Waals surface area contributed by atoms with Crippen LogP contribution in [0, 0.1) is 11.3 Å². The molecule has 0 spiro atoms. The molecule has 22 heavy (non-hydrogen) atoms. The van der Waals surface area contributed by atoms with Gasteiger partial charge in [-0.1, -0.05) is 6.07 Å². The van der Waals surface area contributed by atoms with Crippen LogP contribution in [0.3, 0.4) is 0 Å². The topological polar surface area (TPSA) is 74.6 Å². The molecule has 0 bridgehead atoms. The summed E-state index contributed by atoms with van der Waals surface area (Å²) in [6.45, 7) is 5.00. The Morgan fingerprint density at radius 3 is 2.73 bits per heavy atom. The molecule has 1 N–H and O–H groups in total. The molecule has 1 aliphatic rings. The van der Waals surface area contributed by atoms with Crippen molar-refractivity contribution in [2.75, 3.05) is 33.3 Å². The smallest absolute Gasteiger partial charge is 0.308 e. The second-order valence-corrected chi connectivity index (χ2v) is 5.17. The van der Waals surface area contributed by atoms with E-state index in [9.17, 15) is 4.79 Å². The number of carbonyl (C=O) groups excluding carboxylic acids is 1. The maximum absolute atomic E-state index is 11.1. The number of rotatable bonds is 5. The molecule has 2 rings (SSSR count). The SMILES string of the molecule is COc1cc([C@@H](CC#N)N2CCNCC2)ccc1OC(C)=O. The van der Waals surface area contributed by atoms with Crippen LogP contribution in [0.1, 0.15) is 24.9 Å². The molecule has 0 saturated carbocycles. The van der Waals surface area contributed by atoms with Gasteiger partial charge in [0, 0.05) is 39.1 Å². The van der Waals surface area contributed by atoms with Gasteiger partial charge in [-0.25, -0.2) is 0 Å². The molecular weight excluding hydrogens is 282 g/mol. The molecule has 0 radical (unpaired) electrons. The van der Waals surface area contributed by atoms with Gasteiger partial charge in [0.05, 0.1) is 19.6 Å². The molecule has 118 valence electrons. The van der Waals surface area contributed by atoms with Crippen LogP contribution < -0.4 is 14.8 Å². The van der Waals surface area contributed by atoms with Gasteiger partial charge in [0.2, 0.25) is 0 Å². The first kappa shape index (κ1) is 16.3. The van der Waals surface area contributed by atoms with Crippen molar-refractivity contribution in [1.82, 2.24) is 10.2 Å². The lowest BCUT2D eigenvalue weighted by Gasteiger charge is -2.34. The van der Waals surface area contributed by atoms with Gasteiger partial charge in [0.1, 0.15) is 0 Å². The van der Waals surface area contributed by atoms with Crippen molar-refractivity contribution in [3.05, 3.63) is 23.8 Å². The van der Waals surface area contributed by atoms with Crippen molar-refractivity contribution < 1.29 is 14.3 Å². The van der Waals surface area contributed by atoms with E-state index in [2.05, 4.69) is 16.3 Å². The molecule has 6 nitrogen and oxygen atoms in total. The number of hydrogen-bond acceptors (Lipinski definition) is 6. The van der Waals surface area contributed by atoms with E-state index in [0.29, 0.717) is 17.9 Å². The molecule has 1 atom stereocenters. The summed E-state index contributed by atoms with van der Waals surface area (Å²) in [6.07, 6.45) is 0.413. The molecule has 0 aliphatic carbocycles. The number of nitrogens with zero attached hydrogens (tertiary/aromatic N) is 2. The molecule has 1 aliphatic heterocycles. The zero-order valence-electron chi connectivity index (χ0n) is 13.0. The van der Waals surface area contributed by atoms with Crippen molar-refractivity contribution in [3.8, 4) is 17.6 Å². The van der Waals surface area contributed by atoms with Crippen LogP contribution in [-0.2, 0) is 4.79 Å². The number of nitrogens with one attached hydrogen (secondary N) is 1. The molecule has 0 amide bonds. The second kappa shape index (κ2) is 7.78. The number of piperazine rings is 1. The van der Waals surface area contributed by atoms with E-state index in [-0.39, 0.29) is 12.0 Å². The minimum atomic E-state index is -0.387. The minimum absolute atomic E-state index is 0.0207. The Hall–Kier alpha value is -2.10. The first-order valence-electron chi connectivity index (χ1n) is 7.33. The Bertz CT molecular complexity index is 562. The molecule has 1 heterocycles. The van der Waals surface area contributed by atoms with E-state index in [1.807, 2.05) is 12.1 Å². The third kappa shape index (κ3) is 3.97. The summed E-state index contributed by atoms with van der Waals surface area (Å²) in [4.78, 5) is 13.4. The first-order chi connectivity index (χ1) is 10.7. The van der Waals surface area contributed by atoms with Crippen LogP contribution in [0.2, 0.25) is 0 Å². The lowest BCUT2D eigenvalue weighted by Crippen LogP contribution is -2.45. The lowest BCUT2D eigenvalue weighted by molar-refractivity contribution is -0.132. The van der Waals surface area contributed by atoms with Crippen molar-refractivity contribution in [1.29, 1.82) is 5.26 Å². The van der Waals surface area contributed by atoms with Crippen molar-refractivity contribution in [2.45, 2.75) is 19.4 Å².